The average molecular weight is 273 g/mol. The van der Waals surface area contributed by atoms with Gasteiger partial charge in [-0.2, -0.15) is 0 Å². The number of nitrogens with two attached hydrogens (primary N) is 1. The third-order valence-corrected chi connectivity index (χ3v) is 3.03. The lowest BCUT2D eigenvalue weighted by molar-refractivity contribution is -0.119. The number of Topliss-reactive ketones (excluding diaryl/α,β-unsaturated/α-hetero) is 1. The molecule has 1 aliphatic rings. The highest BCUT2D eigenvalue weighted by Gasteiger charge is 2.33. The fourth-order valence-electron chi connectivity index (χ4n) is 2.10. The molecule has 0 amide bonds. The molecule has 0 saturated heterocycles. The molecule has 4 heteroatoms. The molecule has 1 atom stereocenters. The average Bonchev–Trinajstić information content (AvgIpc) is 2.72. The van der Waals surface area contributed by atoms with Gasteiger partial charge in [0.2, 0.25) is 5.78 Å². The maximum Gasteiger partial charge on any atom is 0.209 e. The van der Waals surface area contributed by atoms with E-state index in [1.807, 2.05) is 31.2 Å². The van der Waals surface area contributed by atoms with Crippen molar-refractivity contribution in [2.24, 2.45) is 5.73 Å². The molecule has 2 N–H and O–H groups in total. The molecule has 4 nitrogen and oxygen atoms in total. The van der Waals surface area contributed by atoms with Crippen molar-refractivity contribution >= 4 is 11.4 Å². The number of ether oxygens (including phenoxy) is 2. The van der Waals surface area contributed by atoms with E-state index in [0.717, 1.165) is 17.7 Å². The number of ketones is 1. The quantitative estimate of drug-likeness (QED) is 0.809. The van der Waals surface area contributed by atoms with Gasteiger partial charge in [0.15, 0.2) is 12.0 Å². The summed E-state index contributed by atoms with van der Waals surface area (Å²) < 4.78 is 11.0. The third kappa shape index (κ3) is 2.85. The molecule has 0 bridgehead atoms. The predicted molar refractivity (Wildman–Crippen MR) is 78.0 cm³/mol. The van der Waals surface area contributed by atoms with Crippen molar-refractivity contribution in [1.82, 2.24) is 0 Å². The van der Waals surface area contributed by atoms with Gasteiger partial charge in [-0.25, -0.2) is 0 Å². The van der Waals surface area contributed by atoms with Crippen LogP contribution in [-0.2, 0) is 9.53 Å². The second kappa shape index (κ2) is 6.28. The number of rotatable bonds is 6. The molecular weight excluding hydrogens is 254 g/mol. The normalized spacial score (nSPS) is 18.1. The molecular formula is C16H19NO3. The van der Waals surface area contributed by atoms with Crippen LogP contribution in [0.3, 0.4) is 0 Å². The number of hydrogen-bond donors (Lipinski definition) is 1. The van der Waals surface area contributed by atoms with E-state index in [0.29, 0.717) is 18.6 Å². The zero-order valence-corrected chi connectivity index (χ0v) is 11.6. The minimum absolute atomic E-state index is 0.102. The first-order valence-electron chi connectivity index (χ1n) is 6.72. The number of carbonyl (C=O) groups excluding carboxylic acids is 1. The molecule has 0 saturated carbocycles. The van der Waals surface area contributed by atoms with E-state index >= 15 is 0 Å². The Morgan fingerprint density at radius 2 is 2.30 bits per heavy atom. The molecule has 1 aliphatic heterocycles. The fraction of sp³-hybridized carbons (Fsp3) is 0.312. The van der Waals surface area contributed by atoms with Gasteiger partial charge in [-0.05, 0) is 24.1 Å². The van der Waals surface area contributed by atoms with Crippen LogP contribution in [0.5, 0.6) is 5.75 Å². The van der Waals surface area contributed by atoms with Crippen molar-refractivity contribution in [3.63, 3.8) is 0 Å². The van der Waals surface area contributed by atoms with Crippen LogP contribution in [0.15, 0.2) is 42.8 Å². The van der Waals surface area contributed by atoms with Gasteiger partial charge < -0.3 is 15.2 Å². The summed E-state index contributed by atoms with van der Waals surface area (Å²) in [5, 5.41) is 0. The Bertz CT molecular complexity index is 548. The van der Waals surface area contributed by atoms with Crippen molar-refractivity contribution < 1.29 is 14.3 Å². The highest BCUT2D eigenvalue weighted by atomic mass is 16.5. The number of carbonyl (C=O) groups is 1. The van der Waals surface area contributed by atoms with E-state index in [4.69, 9.17) is 15.2 Å². The maximum absolute atomic E-state index is 12.3. The van der Waals surface area contributed by atoms with Crippen LogP contribution >= 0.6 is 0 Å². The van der Waals surface area contributed by atoms with Gasteiger partial charge in [-0.1, -0.05) is 25.1 Å². The molecule has 1 heterocycles. The minimum Gasteiger partial charge on any atom is -0.494 e. The van der Waals surface area contributed by atoms with Crippen LogP contribution in [0.2, 0.25) is 0 Å². The molecule has 1 aromatic rings. The molecule has 2 rings (SSSR count). The highest BCUT2D eigenvalue weighted by molar-refractivity contribution is 6.25. The summed E-state index contributed by atoms with van der Waals surface area (Å²) in [7, 11) is 0. The van der Waals surface area contributed by atoms with E-state index in [9.17, 15) is 4.79 Å². The van der Waals surface area contributed by atoms with Crippen molar-refractivity contribution in [3.8, 4) is 5.75 Å². The summed E-state index contributed by atoms with van der Waals surface area (Å²) in [6.07, 6.45) is 2.48. The Hall–Kier alpha value is -2.23. The molecule has 0 fully saturated rings. The monoisotopic (exact) mass is 273 g/mol. The molecule has 1 aromatic carbocycles. The van der Waals surface area contributed by atoms with Gasteiger partial charge in [0, 0.05) is 6.42 Å². The Morgan fingerprint density at radius 3 is 3.00 bits per heavy atom. The molecule has 20 heavy (non-hydrogen) atoms. The standard InChI is InChI=1S/C16H19NO3/c1-3-6-13-15(18)14(16(17)20-13)11-7-5-8-12(10-11)19-9-4-2/h3,5,7-8,10,13H,1,4,6,9,17H2,2H3. The van der Waals surface area contributed by atoms with Crippen molar-refractivity contribution in [2.75, 3.05) is 6.61 Å². The zero-order valence-electron chi connectivity index (χ0n) is 11.6. The van der Waals surface area contributed by atoms with Gasteiger partial charge >= 0.3 is 0 Å². The van der Waals surface area contributed by atoms with Gasteiger partial charge in [0.1, 0.15) is 5.75 Å². The topological polar surface area (TPSA) is 61.6 Å². The smallest absolute Gasteiger partial charge is 0.209 e. The lowest BCUT2D eigenvalue weighted by Crippen LogP contribution is -2.17. The first-order valence-corrected chi connectivity index (χ1v) is 6.72. The van der Waals surface area contributed by atoms with Gasteiger partial charge in [0.25, 0.3) is 0 Å². The number of hydrogen-bond acceptors (Lipinski definition) is 4. The van der Waals surface area contributed by atoms with E-state index < -0.39 is 6.10 Å². The molecule has 0 aromatic heterocycles. The second-order valence-corrected chi connectivity index (χ2v) is 4.61. The largest absolute Gasteiger partial charge is 0.494 e. The summed E-state index contributed by atoms with van der Waals surface area (Å²) in [5.41, 5.74) is 6.99. The van der Waals surface area contributed by atoms with Crippen molar-refractivity contribution in [1.29, 1.82) is 0 Å². The van der Waals surface area contributed by atoms with Crippen molar-refractivity contribution in [3.05, 3.63) is 48.4 Å². The zero-order chi connectivity index (χ0) is 14.5. The van der Waals surface area contributed by atoms with Crippen LogP contribution in [0, 0.1) is 0 Å². The van der Waals surface area contributed by atoms with Gasteiger partial charge in [-0.15, -0.1) is 6.58 Å². The summed E-state index contributed by atoms with van der Waals surface area (Å²) in [4.78, 5) is 12.3. The van der Waals surface area contributed by atoms with E-state index in [1.165, 1.54) is 0 Å². The highest BCUT2D eigenvalue weighted by Crippen LogP contribution is 2.30. The molecule has 0 spiro atoms. The summed E-state index contributed by atoms with van der Waals surface area (Å²) in [6.45, 7) is 6.30. The van der Waals surface area contributed by atoms with Gasteiger partial charge in [0.05, 0.1) is 12.2 Å². The summed E-state index contributed by atoms with van der Waals surface area (Å²) >= 11 is 0. The van der Waals surface area contributed by atoms with Gasteiger partial charge in [-0.3, -0.25) is 4.79 Å². The van der Waals surface area contributed by atoms with Crippen LogP contribution in [0.25, 0.3) is 5.57 Å². The first kappa shape index (κ1) is 14.2. The van der Waals surface area contributed by atoms with E-state index in [2.05, 4.69) is 6.58 Å². The first-order chi connectivity index (χ1) is 9.67. The molecule has 0 radical (unpaired) electrons. The van der Waals surface area contributed by atoms with Crippen LogP contribution in [0.4, 0.5) is 0 Å². The van der Waals surface area contributed by atoms with E-state index in [1.54, 1.807) is 6.08 Å². The van der Waals surface area contributed by atoms with Crippen LogP contribution < -0.4 is 10.5 Å². The Morgan fingerprint density at radius 1 is 1.50 bits per heavy atom. The SMILES string of the molecule is C=CCC1OC(N)=C(c2cccc(OCCC)c2)C1=O. The van der Waals surface area contributed by atoms with Crippen LogP contribution in [-0.4, -0.2) is 18.5 Å². The lowest BCUT2D eigenvalue weighted by atomic mass is 9.99. The summed E-state index contributed by atoms with van der Waals surface area (Å²) in [5.74, 6) is 0.800. The lowest BCUT2D eigenvalue weighted by Gasteiger charge is -2.07. The van der Waals surface area contributed by atoms with Crippen LogP contribution in [0.1, 0.15) is 25.3 Å². The molecule has 0 aliphatic carbocycles. The molecule has 106 valence electrons. The minimum atomic E-state index is -0.553. The third-order valence-electron chi connectivity index (χ3n) is 3.03. The van der Waals surface area contributed by atoms with Crippen molar-refractivity contribution in [2.45, 2.75) is 25.9 Å². The Balaban J connectivity index is 2.24. The fourth-order valence-corrected chi connectivity index (χ4v) is 2.10. The predicted octanol–water partition coefficient (Wildman–Crippen LogP) is 2.65. The summed E-state index contributed by atoms with van der Waals surface area (Å²) in [6, 6.07) is 7.35. The van der Waals surface area contributed by atoms with E-state index in [-0.39, 0.29) is 11.7 Å². The Kier molecular flexibility index (Phi) is 4.45. The Labute approximate surface area is 118 Å². The second-order valence-electron chi connectivity index (χ2n) is 4.61. The maximum atomic E-state index is 12.3. The molecule has 1 unspecified atom stereocenters. The number of benzene rings is 1.